The van der Waals surface area contributed by atoms with Crippen molar-refractivity contribution < 1.29 is 4.74 Å². The van der Waals surface area contributed by atoms with Gasteiger partial charge in [0.1, 0.15) is 12.4 Å². The Morgan fingerprint density at radius 2 is 2.03 bits per heavy atom. The number of methoxy groups -OCH3 is 1. The second-order valence-corrected chi connectivity index (χ2v) is 7.60. The van der Waals surface area contributed by atoms with Gasteiger partial charge in [-0.15, -0.1) is 0 Å². The second-order valence-electron chi connectivity index (χ2n) is 7.60. The molecule has 1 aromatic heterocycles. The standard InChI is InChI=1S/C22H35N7O/c1-5-28(6-2)14-18-10-8-7-9-17(18)13-24-22(23-3)25-19-11-12-21-26-20(16-30-4)27-29(21)15-19/h7-10,19H,5-6,11-16H2,1-4H3,(H2,23,24,25). The van der Waals surface area contributed by atoms with Gasteiger partial charge in [0, 0.05) is 39.7 Å². The highest BCUT2D eigenvalue weighted by molar-refractivity contribution is 5.80. The molecule has 1 atom stereocenters. The molecule has 0 bridgehead atoms. The number of nitrogens with one attached hydrogen (secondary N) is 2. The van der Waals surface area contributed by atoms with Gasteiger partial charge in [0.2, 0.25) is 0 Å². The van der Waals surface area contributed by atoms with E-state index in [0.29, 0.717) is 6.61 Å². The SMILES string of the molecule is CCN(CC)Cc1ccccc1CNC(=NC)NC1CCc2nc(COC)nn2C1. The summed E-state index contributed by atoms with van der Waals surface area (Å²) in [6.07, 6.45) is 1.91. The van der Waals surface area contributed by atoms with Crippen LogP contribution in [0.1, 0.15) is 43.0 Å². The maximum atomic E-state index is 5.15. The van der Waals surface area contributed by atoms with Crippen molar-refractivity contribution in [3.8, 4) is 0 Å². The summed E-state index contributed by atoms with van der Waals surface area (Å²) >= 11 is 0. The number of ether oxygens (including phenoxy) is 1. The zero-order valence-corrected chi connectivity index (χ0v) is 18.7. The number of benzene rings is 1. The summed E-state index contributed by atoms with van der Waals surface area (Å²) in [6, 6.07) is 8.90. The fourth-order valence-corrected chi connectivity index (χ4v) is 3.81. The molecule has 2 heterocycles. The van der Waals surface area contributed by atoms with Crippen LogP contribution in [-0.4, -0.2) is 58.9 Å². The van der Waals surface area contributed by atoms with Crippen LogP contribution in [0.2, 0.25) is 0 Å². The highest BCUT2D eigenvalue weighted by Crippen LogP contribution is 2.14. The predicted molar refractivity (Wildman–Crippen MR) is 119 cm³/mol. The third-order valence-electron chi connectivity index (χ3n) is 5.59. The number of fused-ring (bicyclic) bond motifs is 1. The number of nitrogens with zero attached hydrogens (tertiary/aromatic N) is 5. The Hall–Kier alpha value is -2.45. The molecule has 0 aliphatic carbocycles. The van der Waals surface area contributed by atoms with Crippen LogP contribution in [0.25, 0.3) is 0 Å². The molecule has 0 saturated heterocycles. The van der Waals surface area contributed by atoms with E-state index in [4.69, 9.17) is 4.74 Å². The molecule has 2 N–H and O–H groups in total. The van der Waals surface area contributed by atoms with Gasteiger partial charge in [0.15, 0.2) is 11.8 Å². The lowest BCUT2D eigenvalue weighted by molar-refractivity contribution is 0.177. The Labute approximate surface area is 179 Å². The Bertz CT molecular complexity index is 829. The summed E-state index contributed by atoms with van der Waals surface area (Å²) < 4.78 is 7.14. The number of aryl methyl sites for hydroxylation is 1. The van der Waals surface area contributed by atoms with Gasteiger partial charge in [-0.2, -0.15) is 5.10 Å². The Kier molecular flexibility index (Phi) is 8.21. The molecule has 1 unspecified atom stereocenters. The average molecular weight is 414 g/mol. The monoisotopic (exact) mass is 413 g/mol. The molecule has 0 amide bonds. The van der Waals surface area contributed by atoms with Crippen LogP contribution in [0.4, 0.5) is 0 Å². The minimum absolute atomic E-state index is 0.270. The molecule has 0 fully saturated rings. The lowest BCUT2D eigenvalue weighted by Gasteiger charge is -2.26. The van der Waals surface area contributed by atoms with Gasteiger partial charge in [0.25, 0.3) is 0 Å². The first-order valence-corrected chi connectivity index (χ1v) is 10.8. The van der Waals surface area contributed by atoms with Crippen LogP contribution in [0, 0.1) is 0 Å². The summed E-state index contributed by atoms with van der Waals surface area (Å²) in [6.45, 7) is 9.48. The summed E-state index contributed by atoms with van der Waals surface area (Å²) in [4.78, 5) is 11.4. The first kappa shape index (κ1) is 22.2. The normalized spacial score (nSPS) is 16.6. The zero-order valence-electron chi connectivity index (χ0n) is 18.7. The molecule has 8 heteroatoms. The Balaban J connectivity index is 1.57. The van der Waals surface area contributed by atoms with Gasteiger partial charge < -0.3 is 15.4 Å². The third kappa shape index (κ3) is 5.79. The van der Waals surface area contributed by atoms with Gasteiger partial charge >= 0.3 is 0 Å². The molecule has 2 aromatic rings. The fourth-order valence-electron chi connectivity index (χ4n) is 3.81. The van der Waals surface area contributed by atoms with Crippen LogP contribution >= 0.6 is 0 Å². The molecule has 30 heavy (non-hydrogen) atoms. The number of hydrogen-bond acceptors (Lipinski definition) is 5. The van der Waals surface area contributed by atoms with Crippen LogP contribution in [-0.2, 0) is 37.4 Å². The van der Waals surface area contributed by atoms with E-state index in [1.807, 2.05) is 11.7 Å². The van der Waals surface area contributed by atoms with E-state index in [1.165, 1.54) is 11.1 Å². The van der Waals surface area contributed by atoms with Gasteiger partial charge in [-0.3, -0.25) is 9.89 Å². The average Bonchev–Trinajstić information content (AvgIpc) is 3.17. The molecule has 3 rings (SSSR count). The van der Waals surface area contributed by atoms with E-state index < -0.39 is 0 Å². The number of aliphatic imine (C=N–C) groups is 1. The number of hydrogen-bond donors (Lipinski definition) is 2. The Morgan fingerprint density at radius 1 is 1.27 bits per heavy atom. The summed E-state index contributed by atoms with van der Waals surface area (Å²) in [7, 11) is 3.48. The lowest BCUT2D eigenvalue weighted by Crippen LogP contribution is -2.46. The molecule has 1 aliphatic rings. The van der Waals surface area contributed by atoms with Crippen LogP contribution < -0.4 is 10.6 Å². The van der Waals surface area contributed by atoms with Crippen molar-refractivity contribution >= 4 is 5.96 Å². The molecule has 0 saturated carbocycles. The quantitative estimate of drug-likeness (QED) is 0.483. The molecular formula is C22H35N7O. The van der Waals surface area contributed by atoms with E-state index in [1.54, 1.807) is 7.11 Å². The highest BCUT2D eigenvalue weighted by Gasteiger charge is 2.22. The van der Waals surface area contributed by atoms with Gasteiger partial charge in [-0.05, 0) is 30.6 Å². The fraction of sp³-hybridized carbons (Fsp3) is 0.591. The van der Waals surface area contributed by atoms with Crippen molar-refractivity contribution in [1.29, 1.82) is 0 Å². The highest BCUT2D eigenvalue weighted by atomic mass is 16.5. The smallest absolute Gasteiger partial charge is 0.191 e. The molecule has 1 aromatic carbocycles. The minimum Gasteiger partial charge on any atom is -0.377 e. The summed E-state index contributed by atoms with van der Waals surface area (Å²) in [5, 5.41) is 11.6. The first-order chi connectivity index (χ1) is 14.7. The first-order valence-electron chi connectivity index (χ1n) is 10.8. The van der Waals surface area contributed by atoms with E-state index >= 15 is 0 Å². The van der Waals surface area contributed by atoms with Crippen molar-refractivity contribution in [3.63, 3.8) is 0 Å². The van der Waals surface area contributed by atoms with Crippen molar-refractivity contribution in [1.82, 2.24) is 30.3 Å². The maximum absolute atomic E-state index is 5.15. The minimum atomic E-state index is 0.270. The van der Waals surface area contributed by atoms with Crippen LogP contribution in [0.5, 0.6) is 0 Å². The lowest BCUT2D eigenvalue weighted by atomic mass is 10.1. The molecule has 164 valence electrons. The molecular weight excluding hydrogens is 378 g/mol. The Morgan fingerprint density at radius 3 is 2.73 bits per heavy atom. The molecule has 0 spiro atoms. The van der Waals surface area contributed by atoms with Crippen molar-refractivity contribution in [3.05, 3.63) is 47.0 Å². The molecule has 0 radical (unpaired) electrons. The van der Waals surface area contributed by atoms with Gasteiger partial charge in [-0.1, -0.05) is 38.1 Å². The topological polar surface area (TPSA) is 79.6 Å². The van der Waals surface area contributed by atoms with Crippen molar-refractivity contribution in [2.75, 3.05) is 27.2 Å². The van der Waals surface area contributed by atoms with E-state index in [-0.39, 0.29) is 6.04 Å². The maximum Gasteiger partial charge on any atom is 0.191 e. The van der Waals surface area contributed by atoms with Gasteiger partial charge in [-0.25, -0.2) is 9.67 Å². The number of aromatic nitrogens is 3. The van der Waals surface area contributed by atoms with E-state index in [0.717, 1.165) is 63.2 Å². The van der Waals surface area contributed by atoms with Crippen LogP contribution in [0.15, 0.2) is 29.3 Å². The molecule has 8 nitrogen and oxygen atoms in total. The van der Waals surface area contributed by atoms with E-state index in [2.05, 4.69) is 68.7 Å². The zero-order chi connectivity index (χ0) is 21.3. The molecule has 1 aliphatic heterocycles. The van der Waals surface area contributed by atoms with Crippen molar-refractivity contribution in [2.45, 2.75) is 59.0 Å². The second kappa shape index (κ2) is 11.1. The summed E-state index contributed by atoms with van der Waals surface area (Å²) in [5.74, 6) is 2.60. The largest absolute Gasteiger partial charge is 0.377 e. The van der Waals surface area contributed by atoms with E-state index in [9.17, 15) is 0 Å². The summed E-state index contributed by atoms with van der Waals surface area (Å²) in [5.41, 5.74) is 2.67. The number of rotatable bonds is 9. The number of guanidine groups is 1. The third-order valence-corrected chi connectivity index (χ3v) is 5.59. The van der Waals surface area contributed by atoms with Crippen LogP contribution in [0.3, 0.4) is 0 Å². The predicted octanol–water partition coefficient (Wildman–Crippen LogP) is 1.95. The van der Waals surface area contributed by atoms with Crippen molar-refractivity contribution in [2.24, 2.45) is 4.99 Å². The van der Waals surface area contributed by atoms with Gasteiger partial charge in [0.05, 0.1) is 6.54 Å².